The number of nitrogens with zero attached hydrogens (tertiary/aromatic N) is 1. The highest BCUT2D eigenvalue weighted by molar-refractivity contribution is 6.33. The number of carbonyl (C=O) groups is 1. The summed E-state index contributed by atoms with van der Waals surface area (Å²) in [5.41, 5.74) is 0.824. The second-order valence-electron chi connectivity index (χ2n) is 2.92. The fraction of sp³-hybridized carbons (Fsp3) is 0.100. The normalized spacial score (nSPS) is 10.4. The Hall–Kier alpha value is -1.48. The van der Waals surface area contributed by atoms with E-state index in [9.17, 15) is 4.79 Å². The van der Waals surface area contributed by atoms with E-state index in [1.807, 2.05) is 12.3 Å². The number of halogens is 1. The van der Waals surface area contributed by atoms with E-state index in [-0.39, 0.29) is 5.97 Å². The monoisotopic (exact) mass is 209 g/mol. The molecule has 2 aromatic rings. The Bertz CT molecular complexity index is 490. The lowest BCUT2D eigenvalue weighted by Gasteiger charge is -1.93. The predicted molar refractivity (Wildman–Crippen MR) is 53.7 cm³/mol. The van der Waals surface area contributed by atoms with Crippen LogP contribution in [-0.4, -0.2) is 10.4 Å². The Morgan fingerprint density at radius 1 is 1.57 bits per heavy atom. The van der Waals surface area contributed by atoms with E-state index in [0.29, 0.717) is 10.8 Å². The predicted octanol–water partition coefficient (Wildman–Crippen LogP) is 2.52. The smallest absolute Gasteiger partial charge is 0.308 e. The molecule has 72 valence electrons. The maximum Gasteiger partial charge on any atom is 0.308 e. The lowest BCUT2D eigenvalue weighted by molar-refractivity contribution is -0.131. The highest BCUT2D eigenvalue weighted by atomic mass is 35.5. The first-order valence-corrected chi connectivity index (χ1v) is 4.49. The molecule has 0 aliphatic rings. The lowest BCUT2D eigenvalue weighted by Crippen LogP contribution is -1.99. The molecule has 0 aliphatic heterocycles. The number of pyridine rings is 1. The van der Waals surface area contributed by atoms with Gasteiger partial charge in [-0.3, -0.25) is 4.79 Å². The first-order chi connectivity index (χ1) is 6.66. The van der Waals surface area contributed by atoms with Crippen molar-refractivity contribution in [3.63, 3.8) is 0 Å². The van der Waals surface area contributed by atoms with Crippen LogP contribution in [0.4, 0.5) is 0 Å². The summed E-state index contributed by atoms with van der Waals surface area (Å²) in [6.45, 7) is 1.37. The van der Waals surface area contributed by atoms with Crippen LogP contribution in [0.2, 0.25) is 5.02 Å². The van der Waals surface area contributed by atoms with Crippen molar-refractivity contribution < 1.29 is 9.53 Å². The van der Waals surface area contributed by atoms with Gasteiger partial charge in [0.15, 0.2) is 0 Å². The molecule has 0 N–H and O–H groups in total. The number of hydrogen-bond acceptors (Lipinski definition) is 2. The van der Waals surface area contributed by atoms with Crippen molar-refractivity contribution in [1.82, 2.24) is 4.40 Å². The van der Waals surface area contributed by atoms with Gasteiger partial charge < -0.3 is 9.14 Å². The van der Waals surface area contributed by atoms with Crippen molar-refractivity contribution >= 4 is 23.1 Å². The van der Waals surface area contributed by atoms with Gasteiger partial charge in [0.25, 0.3) is 0 Å². The zero-order chi connectivity index (χ0) is 10.1. The van der Waals surface area contributed by atoms with Gasteiger partial charge in [-0.15, -0.1) is 0 Å². The molecule has 14 heavy (non-hydrogen) atoms. The molecule has 3 nitrogen and oxygen atoms in total. The molecule has 0 atom stereocenters. The number of ether oxygens (including phenoxy) is 1. The maximum absolute atomic E-state index is 10.7. The lowest BCUT2D eigenvalue weighted by atomic mass is 10.4. The van der Waals surface area contributed by atoms with Crippen LogP contribution in [-0.2, 0) is 4.79 Å². The standard InChI is InChI=1S/C10H8ClNO2/c1-7(13)14-8-5-10-9(11)3-2-4-12(10)6-8/h2-6H,1H3. The minimum atomic E-state index is -0.336. The second-order valence-corrected chi connectivity index (χ2v) is 3.33. The van der Waals surface area contributed by atoms with Crippen LogP contribution in [0.25, 0.3) is 5.52 Å². The number of fused-ring (bicyclic) bond motifs is 1. The molecule has 2 rings (SSSR count). The van der Waals surface area contributed by atoms with Crippen molar-refractivity contribution in [2.45, 2.75) is 6.92 Å². The molecule has 0 spiro atoms. The first kappa shape index (κ1) is 9.09. The van der Waals surface area contributed by atoms with Crippen molar-refractivity contribution in [3.8, 4) is 5.75 Å². The topological polar surface area (TPSA) is 30.7 Å². The summed E-state index contributed by atoms with van der Waals surface area (Å²) in [6, 6.07) is 5.34. The summed E-state index contributed by atoms with van der Waals surface area (Å²) < 4.78 is 6.74. The van der Waals surface area contributed by atoms with Gasteiger partial charge in [-0.1, -0.05) is 11.6 Å². The molecule has 0 saturated heterocycles. The van der Waals surface area contributed by atoms with Crippen LogP contribution >= 0.6 is 11.6 Å². The Morgan fingerprint density at radius 2 is 2.36 bits per heavy atom. The molecule has 4 heteroatoms. The average molecular weight is 210 g/mol. The maximum atomic E-state index is 10.7. The fourth-order valence-corrected chi connectivity index (χ4v) is 1.52. The molecular weight excluding hydrogens is 202 g/mol. The zero-order valence-electron chi connectivity index (χ0n) is 7.53. The van der Waals surface area contributed by atoms with Crippen LogP contribution < -0.4 is 4.74 Å². The van der Waals surface area contributed by atoms with Gasteiger partial charge >= 0.3 is 5.97 Å². The largest absolute Gasteiger partial charge is 0.425 e. The third-order valence-electron chi connectivity index (χ3n) is 1.82. The Kier molecular flexibility index (Phi) is 2.17. The molecule has 0 saturated carbocycles. The first-order valence-electron chi connectivity index (χ1n) is 4.11. The molecular formula is C10H8ClNO2. The third kappa shape index (κ3) is 1.59. The molecule has 0 aliphatic carbocycles. The Labute approximate surface area is 85.9 Å². The van der Waals surface area contributed by atoms with Gasteiger partial charge in [0.1, 0.15) is 5.75 Å². The number of aromatic nitrogens is 1. The van der Waals surface area contributed by atoms with Gasteiger partial charge in [-0.05, 0) is 12.1 Å². The highest BCUT2D eigenvalue weighted by Crippen LogP contribution is 2.23. The van der Waals surface area contributed by atoms with E-state index >= 15 is 0 Å². The van der Waals surface area contributed by atoms with Crippen molar-refractivity contribution in [2.24, 2.45) is 0 Å². The van der Waals surface area contributed by atoms with Gasteiger partial charge in [0.05, 0.1) is 16.7 Å². The Balaban J connectivity index is 2.51. The van der Waals surface area contributed by atoms with E-state index in [2.05, 4.69) is 0 Å². The quantitative estimate of drug-likeness (QED) is 0.676. The molecule has 0 bridgehead atoms. The third-order valence-corrected chi connectivity index (χ3v) is 2.14. The molecule has 2 heterocycles. The van der Waals surface area contributed by atoms with E-state index < -0.39 is 0 Å². The van der Waals surface area contributed by atoms with Crippen LogP contribution in [0.5, 0.6) is 5.75 Å². The minimum Gasteiger partial charge on any atom is -0.425 e. The molecule has 0 fully saturated rings. The van der Waals surface area contributed by atoms with Crippen LogP contribution in [0.3, 0.4) is 0 Å². The molecule has 0 unspecified atom stereocenters. The summed E-state index contributed by atoms with van der Waals surface area (Å²) >= 11 is 5.95. The summed E-state index contributed by atoms with van der Waals surface area (Å²) in [5, 5.41) is 0.630. The summed E-state index contributed by atoms with van der Waals surface area (Å²) in [7, 11) is 0. The van der Waals surface area contributed by atoms with Crippen molar-refractivity contribution in [2.75, 3.05) is 0 Å². The van der Waals surface area contributed by atoms with Crippen molar-refractivity contribution in [3.05, 3.63) is 35.6 Å². The SMILES string of the molecule is CC(=O)Oc1cc2c(Cl)cccn2c1. The van der Waals surface area contributed by atoms with Gasteiger partial charge in [-0.2, -0.15) is 0 Å². The Morgan fingerprint density at radius 3 is 3.00 bits per heavy atom. The number of hydrogen-bond donors (Lipinski definition) is 0. The van der Waals surface area contributed by atoms with Crippen LogP contribution in [0.15, 0.2) is 30.6 Å². The van der Waals surface area contributed by atoms with E-state index in [1.54, 1.807) is 22.7 Å². The molecule has 0 radical (unpaired) electrons. The van der Waals surface area contributed by atoms with Crippen molar-refractivity contribution in [1.29, 1.82) is 0 Å². The summed E-state index contributed by atoms with van der Waals surface area (Å²) in [4.78, 5) is 10.7. The molecule has 0 amide bonds. The zero-order valence-corrected chi connectivity index (χ0v) is 8.28. The van der Waals surface area contributed by atoms with E-state index in [1.165, 1.54) is 6.92 Å². The van der Waals surface area contributed by atoms with Crippen LogP contribution in [0, 0.1) is 0 Å². The van der Waals surface area contributed by atoms with Gasteiger partial charge in [0, 0.05) is 19.2 Å². The fourth-order valence-electron chi connectivity index (χ4n) is 1.30. The summed E-state index contributed by atoms with van der Waals surface area (Å²) in [5.74, 6) is 0.169. The number of carbonyl (C=O) groups excluding carboxylic acids is 1. The van der Waals surface area contributed by atoms with E-state index in [0.717, 1.165) is 5.52 Å². The second kappa shape index (κ2) is 3.35. The number of esters is 1. The van der Waals surface area contributed by atoms with Crippen LogP contribution in [0.1, 0.15) is 6.92 Å². The number of rotatable bonds is 1. The molecule has 2 aromatic heterocycles. The average Bonchev–Trinajstić information content (AvgIpc) is 2.47. The van der Waals surface area contributed by atoms with Gasteiger partial charge in [0.2, 0.25) is 0 Å². The van der Waals surface area contributed by atoms with Gasteiger partial charge in [-0.25, -0.2) is 0 Å². The van der Waals surface area contributed by atoms with E-state index in [4.69, 9.17) is 16.3 Å². The minimum absolute atomic E-state index is 0.336. The summed E-state index contributed by atoms with van der Waals surface area (Å²) in [6.07, 6.45) is 3.55. The highest BCUT2D eigenvalue weighted by Gasteiger charge is 2.04. The molecule has 0 aromatic carbocycles.